The molecule has 0 heterocycles. The summed E-state index contributed by atoms with van der Waals surface area (Å²) in [6.07, 6.45) is 0. The van der Waals surface area contributed by atoms with E-state index in [1.807, 2.05) is 7.11 Å². The second-order valence-electron chi connectivity index (χ2n) is 8.04. The standard InChI is InChI=1S/C15H30OSi3/c1-16-19(13-17(2,3)4,14-18(5,6)7)15-11-9-8-10-12-15/h8-12H,13-14H2,1-7H3. The second kappa shape index (κ2) is 6.08. The fourth-order valence-corrected chi connectivity index (χ4v) is 22.1. The molecule has 1 aromatic rings. The number of rotatable bonds is 6. The van der Waals surface area contributed by atoms with Crippen molar-refractivity contribution in [2.24, 2.45) is 0 Å². The predicted octanol–water partition coefficient (Wildman–Crippen LogP) is 4.24. The van der Waals surface area contributed by atoms with Gasteiger partial charge in [-0.2, -0.15) is 0 Å². The van der Waals surface area contributed by atoms with Crippen molar-refractivity contribution in [3.05, 3.63) is 30.3 Å². The van der Waals surface area contributed by atoms with Crippen molar-refractivity contribution in [2.75, 3.05) is 7.11 Å². The lowest BCUT2D eigenvalue weighted by Crippen LogP contribution is -2.58. The van der Waals surface area contributed by atoms with E-state index in [0.717, 1.165) is 0 Å². The molecule has 0 atom stereocenters. The maximum absolute atomic E-state index is 6.28. The van der Waals surface area contributed by atoms with Crippen molar-refractivity contribution in [2.45, 2.75) is 50.6 Å². The highest BCUT2D eigenvalue weighted by Gasteiger charge is 2.43. The maximum Gasteiger partial charge on any atom is 0.218 e. The average molecular weight is 311 g/mol. The Morgan fingerprint density at radius 2 is 1.21 bits per heavy atom. The number of benzene rings is 1. The van der Waals surface area contributed by atoms with Crippen LogP contribution in [0.25, 0.3) is 0 Å². The van der Waals surface area contributed by atoms with Crippen LogP contribution >= 0.6 is 0 Å². The quantitative estimate of drug-likeness (QED) is 0.714. The summed E-state index contributed by atoms with van der Waals surface area (Å²) in [6, 6.07) is 11.1. The van der Waals surface area contributed by atoms with Crippen LogP contribution in [0.4, 0.5) is 0 Å². The molecule has 1 nitrogen and oxygen atoms in total. The first-order valence-corrected chi connectivity index (χ1v) is 16.9. The molecule has 1 aromatic carbocycles. The van der Waals surface area contributed by atoms with E-state index in [9.17, 15) is 0 Å². The Hall–Kier alpha value is -0.169. The molecule has 0 radical (unpaired) electrons. The van der Waals surface area contributed by atoms with Crippen molar-refractivity contribution in [1.29, 1.82) is 0 Å². The maximum atomic E-state index is 6.28. The van der Waals surface area contributed by atoms with Crippen molar-refractivity contribution < 1.29 is 4.43 Å². The van der Waals surface area contributed by atoms with Gasteiger partial charge in [0.15, 0.2) is 0 Å². The van der Waals surface area contributed by atoms with Gasteiger partial charge in [0.1, 0.15) is 0 Å². The van der Waals surface area contributed by atoms with Gasteiger partial charge in [-0.3, -0.25) is 0 Å². The largest absolute Gasteiger partial charge is 0.416 e. The van der Waals surface area contributed by atoms with E-state index in [2.05, 4.69) is 69.6 Å². The molecule has 19 heavy (non-hydrogen) atoms. The van der Waals surface area contributed by atoms with Crippen molar-refractivity contribution in [3.63, 3.8) is 0 Å². The van der Waals surface area contributed by atoms with Crippen LogP contribution in [-0.4, -0.2) is 31.6 Å². The monoisotopic (exact) mass is 310 g/mol. The zero-order chi connectivity index (χ0) is 14.7. The van der Waals surface area contributed by atoms with Gasteiger partial charge in [-0.1, -0.05) is 69.6 Å². The number of hydrogen-bond acceptors (Lipinski definition) is 1. The SMILES string of the molecule is CO[Si](C[Si](C)(C)C)(C[Si](C)(C)C)c1ccccc1. The molecule has 0 aliphatic heterocycles. The summed E-state index contributed by atoms with van der Waals surface area (Å²) >= 11 is 0. The Bertz CT molecular complexity index is 374. The third-order valence-electron chi connectivity index (χ3n) is 3.32. The molecule has 108 valence electrons. The molecular weight excluding hydrogens is 280 g/mol. The van der Waals surface area contributed by atoms with Crippen LogP contribution in [-0.2, 0) is 4.43 Å². The summed E-state index contributed by atoms with van der Waals surface area (Å²) in [5.41, 5.74) is 2.68. The van der Waals surface area contributed by atoms with Gasteiger partial charge in [0.25, 0.3) is 0 Å². The lowest BCUT2D eigenvalue weighted by Gasteiger charge is -2.38. The molecule has 0 spiro atoms. The lowest BCUT2D eigenvalue weighted by atomic mass is 10.4. The van der Waals surface area contributed by atoms with Crippen LogP contribution in [0.2, 0.25) is 50.6 Å². The summed E-state index contributed by atoms with van der Waals surface area (Å²) < 4.78 is 6.28. The second-order valence-corrected chi connectivity index (χ2v) is 24.1. The van der Waals surface area contributed by atoms with Gasteiger partial charge in [0.2, 0.25) is 8.32 Å². The minimum atomic E-state index is -1.79. The molecule has 4 heteroatoms. The van der Waals surface area contributed by atoms with Crippen molar-refractivity contribution in [3.8, 4) is 0 Å². The summed E-state index contributed by atoms with van der Waals surface area (Å²) in [7, 11) is -2.11. The van der Waals surface area contributed by atoms with Crippen LogP contribution < -0.4 is 5.19 Å². The highest BCUT2D eigenvalue weighted by Crippen LogP contribution is 2.28. The molecule has 0 N–H and O–H groups in total. The van der Waals surface area contributed by atoms with Crippen LogP contribution in [0.3, 0.4) is 0 Å². The van der Waals surface area contributed by atoms with Crippen LogP contribution in [0.15, 0.2) is 30.3 Å². The molecule has 0 aromatic heterocycles. The van der Waals surface area contributed by atoms with Gasteiger partial charge in [-0.15, -0.1) is 0 Å². The van der Waals surface area contributed by atoms with Crippen molar-refractivity contribution in [1.82, 2.24) is 0 Å². The number of hydrogen-bond donors (Lipinski definition) is 0. The first kappa shape index (κ1) is 16.9. The minimum Gasteiger partial charge on any atom is -0.416 e. The van der Waals surface area contributed by atoms with Crippen LogP contribution in [0, 0.1) is 0 Å². The molecule has 0 amide bonds. The summed E-state index contributed by atoms with van der Waals surface area (Å²) in [5, 5.41) is 1.50. The molecule has 0 bridgehead atoms. The van der Waals surface area contributed by atoms with E-state index in [1.165, 1.54) is 16.5 Å². The Morgan fingerprint density at radius 1 is 0.789 bits per heavy atom. The molecular formula is C15H30OSi3. The Labute approximate surface area is 122 Å². The first-order valence-electron chi connectivity index (χ1n) is 7.19. The van der Waals surface area contributed by atoms with Crippen molar-refractivity contribution >= 4 is 29.7 Å². The predicted molar refractivity (Wildman–Crippen MR) is 95.1 cm³/mol. The van der Waals surface area contributed by atoms with E-state index in [-0.39, 0.29) is 0 Å². The fourth-order valence-electron chi connectivity index (χ4n) is 2.98. The first-order chi connectivity index (χ1) is 8.58. The highest BCUT2D eigenvalue weighted by molar-refractivity contribution is 7.05. The van der Waals surface area contributed by atoms with Gasteiger partial charge >= 0.3 is 0 Å². The van der Waals surface area contributed by atoms with Gasteiger partial charge in [-0.25, -0.2) is 0 Å². The van der Waals surface area contributed by atoms with Crippen LogP contribution in [0.5, 0.6) is 0 Å². The smallest absolute Gasteiger partial charge is 0.218 e. The Balaban J connectivity index is 3.22. The molecule has 0 fully saturated rings. The van der Waals surface area contributed by atoms with E-state index in [1.54, 1.807) is 0 Å². The molecule has 0 saturated carbocycles. The molecule has 0 aliphatic rings. The normalized spacial score (nSPS) is 13.6. The molecule has 0 saturated heterocycles. The summed E-state index contributed by atoms with van der Waals surface area (Å²) in [5.74, 6) is 0. The van der Waals surface area contributed by atoms with Gasteiger partial charge < -0.3 is 4.43 Å². The van der Waals surface area contributed by atoms with E-state index < -0.39 is 24.5 Å². The minimum absolute atomic E-state index is 1.14. The molecule has 1 rings (SSSR count). The van der Waals surface area contributed by atoms with E-state index in [4.69, 9.17) is 4.43 Å². The zero-order valence-electron chi connectivity index (χ0n) is 13.7. The Morgan fingerprint density at radius 3 is 1.53 bits per heavy atom. The highest BCUT2D eigenvalue weighted by atomic mass is 28.4. The molecule has 0 aliphatic carbocycles. The van der Waals surface area contributed by atoms with Crippen LogP contribution in [0.1, 0.15) is 0 Å². The van der Waals surface area contributed by atoms with E-state index >= 15 is 0 Å². The zero-order valence-corrected chi connectivity index (χ0v) is 16.7. The van der Waals surface area contributed by atoms with Gasteiger partial charge in [-0.05, 0) is 16.5 Å². The van der Waals surface area contributed by atoms with Gasteiger partial charge in [0.05, 0.1) is 0 Å². The Kier molecular flexibility index (Phi) is 5.40. The molecule has 0 unspecified atom stereocenters. The summed E-state index contributed by atoms with van der Waals surface area (Å²) in [6.45, 7) is 14.8. The fraction of sp³-hybridized carbons (Fsp3) is 0.600. The third kappa shape index (κ3) is 5.38. The summed E-state index contributed by atoms with van der Waals surface area (Å²) in [4.78, 5) is 0. The lowest BCUT2D eigenvalue weighted by molar-refractivity contribution is 0.411. The third-order valence-corrected chi connectivity index (χ3v) is 18.5. The van der Waals surface area contributed by atoms with Gasteiger partial charge in [0, 0.05) is 23.3 Å². The van der Waals surface area contributed by atoms with E-state index in [0.29, 0.717) is 0 Å². The topological polar surface area (TPSA) is 9.23 Å². The average Bonchev–Trinajstić information content (AvgIpc) is 2.25.